The van der Waals surface area contributed by atoms with Crippen LogP contribution in [0.2, 0.25) is 0 Å². The molecule has 0 fully saturated rings. The topological polar surface area (TPSA) is 82.3 Å². The first kappa shape index (κ1) is 13.1. The molecule has 0 aliphatic rings. The highest BCUT2D eigenvalue weighted by Gasteiger charge is 2.24. The van der Waals surface area contributed by atoms with E-state index < -0.39 is 17.4 Å². The molecule has 0 unspecified atom stereocenters. The third-order valence-corrected chi connectivity index (χ3v) is 1.71. The lowest BCUT2D eigenvalue weighted by Crippen LogP contribution is -2.25. The van der Waals surface area contributed by atoms with Crippen LogP contribution in [0.15, 0.2) is 10.6 Å². The smallest absolute Gasteiger partial charge is 0.338 e. The third kappa shape index (κ3) is 4.18. The van der Waals surface area contributed by atoms with Crippen molar-refractivity contribution in [2.45, 2.75) is 27.7 Å². The van der Waals surface area contributed by atoms with Crippen LogP contribution < -0.4 is 0 Å². The summed E-state index contributed by atoms with van der Waals surface area (Å²) in [6.07, 6.45) is 2.36. The number of carbonyl (C=O) groups is 2. The fourth-order valence-corrected chi connectivity index (χ4v) is 0.799. The first-order chi connectivity index (χ1) is 7.79. The summed E-state index contributed by atoms with van der Waals surface area (Å²) in [5.41, 5.74) is -0.718. The molecule has 92 valence electrons. The zero-order valence-corrected chi connectivity index (χ0v) is 10.2. The van der Waals surface area contributed by atoms with Gasteiger partial charge in [-0.2, -0.15) is 4.98 Å². The molecule has 1 aromatic rings. The van der Waals surface area contributed by atoms with E-state index in [0.717, 1.165) is 6.08 Å². The molecule has 0 bridgehead atoms. The summed E-state index contributed by atoms with van der Waals surface area (Å²) in [4.78, 5) is 26.5. The minimum atomic E-state index is -0.763. The largest absolute Gasteiger partial charge is 0.389 e. The zero-order chi connectivity index (χ0) is 13.1. The second kappa shape index (κ2) is 4.90. The van der Waals surface area contributed by atoms with Crippen molar-refractivity contribution in [2.75, 3.05) is 0 Å². The van der Waals surface area contributed by atoms with E-state index in [2.05, 4.69) is 14.9 Å². The monoisotopic (exact) mass is 238 g/mol. The summed E-state index contributed by atoms with van der Waals surface area (Å²) in [6, 6.07) is 0. The Bertz CT molecular complexity index is 454. The molecule has 0 aliphatic heterocycles. The summed E-state index contributed by atoms with van der Waals surface area (Å²) < 4.78 is 9.34. The number of nitrogens with zero attached hydrogens (tertiary/aromatic N) is 2. The average Bonchev–Trinajstić information content (AvgIpc) is 2.60. The molecule has 0 atom stereocenters. The number of rotatable bonds is 2. The van der Waals surface area contributed by atoms with E-state index >= 15 is 0 Å². The lowest BCUT2D eigenvalue weighted by molar-refractivity contribution is -0.162. The third-order valence-electron chi connectivity index (χ3n) is 1.71. The van der Waals surface area contributed by atoms with Crippen LogP contribution >= 0.6 is 0 Å². The molecule has 1 rings (SSSR count). The van der Waals surface area contributed by atoms with E-state index in [1.807, 2.05) is 0 Å². The quantitative estimate of drug-likeness (QED) is 0.441. The van der Waals surface area contributed by atoms with E-state index in [1.54, 1.807) is 27.7 Å². The molecule has 0 saturated carbocycles. The number of ether oxygens (including phenoxy) is 1. The van der Waals surface area contributed by atoms with Gasteiger partial charge >= 0.3 is 11.9 Å². The Morgan fingerprint density at radius 1 is 1.35 bits per heavy atom. The van der Waals surface area contributed by atoms with Crippen LogP contribution in [0.5, 0.6) is 0 Å². The molecule has 0 aromatic carbocycles. The van der Waals surface area contributed by atoms with E-state index in [1.165, 1.54) is 6.08 Å². The molecule has 6 nitrogen and oxygen atoms in total. The molecule has 0 spiro atoms. The van der Waals surface area contributed by atoms with Gasteiger partial charge in [0.1, 0.15) is 0 Å². The van der Waals surface area contributed by atoms with Crippen LogP contribution in [0.25, 0.3) is 6.08 Å². The van der Waals surface area contributed by atoms with Gasteiger partial charge in [-0.25, -0.2) is 4.79 Å². The van der Waals surface area contributed by atoms with Crippen LogP contribution in [0.3, 0.4) is 0 Å². The number of hydrogen-bond acceptors (Lipinski definition) is 6. The molecule has 0 amide bonds. The lowest BCUT2D eigenvalue weighted by Gasteiger charge is -2.14. The predicted octanol–water partition coefficient (Wildman–Crippen LogP) is 1.51. The van der Waals surface area contributed by atoms with Crippen molar-refractivity contribution in [1.82, 2.24) is 10.1 Å². The zero-order valence-electron chi connectivity index (χ0n) is 10.2. The Labute approximate surface area is 98.6 Å². The Kier molecular flexibility index (Phi) is 3.77. The second-order valence-electron chi connectivity index (χ2n) is 4.47. The van der Waals surface area contributed by atoms with Crippen molar-refractivity contribution in [2.24, 2.45) is 5.41 Å². The average molecular weight is 238 g/mol. The van der Waals surface area contributed by atoms with Gasteiger partial charge in [0.15, 0.2) is 5.82 Å². The van der Waals surface area contributed by atoms with Gasteiger partial charge in [0.2, 0.25) is 0 Å². The van der Waals surface area contributed by atoms with Gasteiger partial charge in [0, 0.05) is 12.2 Å². The Morgan fingerprint density at radius 3 is 2.47 bits per heavy atom. The minimum Gasteiger partial charge on any atom is -0.389 e. The molecule has 1 aromatic heterocycles. The number of carbonyl (C=O) groups excluding carboxylic acids is 2. The van der Waals surface area contributed by atoms with Crippen molar-refractivity contribution in [1.29, 1.82) is 0 Å². The van der Waals surface area contributed by atoms with Crippen LogP contribution in [0, 0.1) is 12.3 Å². The van der Waals surface area contributed by atoms with Crippen LogP contribution in [-0.2, 0) is 14.3 Å². The van der Waals surface area contributed by atoms with Gasteiger partial charge in [-0.15, -0.1) is 0 Å². The fourth-order valence-electron chi connectivity index (χ4n) is 0.799. The molecule has 6 heteroatoms. The number of esters is 2. The van der Waals surface area contributed by atoms with Gasteiger partial charge in [0.05, 0.1) is 5.41 Å². The van der Waals surface area contributed by atoms with Crippen molar-refractivity contribution in [3.05, 3.63) is 17.8 Å². The summed E-state index contributed by atoms with van der Waals surface area (Å²) >= 11 is 0. The van der Waals surface area contributed by atoms with E-state index in [9.17, 15) is 9.59 Å². The van der Waals surface area contributed by atoms with Crippen molar-refractivity contribution < 1.29 is 18.8 Å². The summed E-state index contributed by atoms with van der Waals surface area (Å²) in [5.74, 6) is -0.707. The van der Waals surface area contributed by atoms with Crippen molar-refractivity contribution >= 4 is 18.0 Å². The van der Waals surface area contributed by atoms with Crippen LogP contribution in [0.4, 0.5) is 0 Å². The van der Waals surface area contributed by atoms with Gasteiger partial charge in [-0.3, -0.25) is 4.79 Å². The predicted molar refractivity (Wildman–Crippen MR) is 58.6 cm³/mol. The van der Waals surface area contributed by atoms with Crippen LogP contribution in [-0.4, -0.2) is 22.1 Å². The van der Waals surface area contributed by atoms with Gasteiger partial charge in [0.25, 0.3) is 5.89 Å². The molecule has 1 heterocycles. The molecule has 17 heavy (non-hydrogen) atoms. The maximum absolute atomic E-state index is 11.4. The van der Waals surface area contributed by atoms with Gasteiger partial charge in [-0.05, 0) is 27.7 Å². The maximum atomic E-state index is 11.4. The SMILES string of the molecule is Cc1noc(/C=C/C(=O)OC(=O)C(C)(C)C)n1. The molecular weight excluding hydrogens is 224 g/mol. The fraction of sp³-hybridized carbons (Fsp3) is 0.455. The standard InChI is InChI=1S/C11H14N2O4/c1-7-12-8(17-13-7)5-6-9(14)16-10(15)11(2,3)4/h5-6H,1-4H3/b6-5+. The van der Waals surface area contributed by atoms with Crippen molar-refractivity contribution in [3.63, 3.8) is 0 Å². The first-order valence-electron chi connectivity index (χ1n) is 5.03. The summed E-state index contributed by atoms with van der Waals surface area (Å²) in [5, 5.41) is 3.54. The Hall–Kier alpha value is -1.98. The normalized spacial score (nSPS) is 11.8. The lowest BCUT2D eigenvalue weighted by atomic mass is 9.97. The van der Waals surface area contributed by atoms with Crippen LogP contribution in [0.1, 0.15) is 32.5 Å². The Balaban J connectivity index is 2.56. The number of hydrogen-bond donors (Lipinski definition) is 0. The molecule has 0 radical (unpaired) electrons. The second-order valence-corrected chi connectivity index (χ2v) is 4.47. The van der Waals surface area contributed by atoms with E-state index in [4.69, 9.17) is 4.52 Å². The van der Waals surface area contributed by atoms with E-state index in [-0.39, 0.29) is 5.89 Å². The van der Waals surface area contributed by atoms with Gasteiger partial charge < -0.3 is 9.26 Å². The summed E-state index contributed by atoms with van der Waals surface area (Å²) in [6.45, 7) is 6.64. The van der Waals surface area contributed by atoms with E-state index in [0.29, 0.717) is 5.82 Å². The highest BCUT2D eigenvalue weighted by Crippen LogP contribution is 2.15. The maximum Gasteiger partial charge on any atom is 0.338 e. The Morgan fingerprint density at radius 2 is 2.00 bits per heavy atom. The van der Waals surface area contributed by atoms with Crippen molar-refractivity contribution in [3.8, 4) is 0 Å². The highest BCUT2D eigenvalue weighted by molar-refractivity contribution is 5.95. The number of aromatic nitrogens is 2. The first-order valence-corrected chi connectivity index (χ1v) is 5.03. The molecule has 0 aliphatic carbocycles. The number of aryl methyl sites for hydroxylation is 1. The highest BCUT2D eigenvalue weighted by atomic mass is 16.6. The summed E-state index contributed by atoms with van der Waals surface area (Å²) in [7, 11) is 0. The molecule has 0 N–H and O–H groups in total. The molecular formula is C11H14N2O4. The minimum absolute atomic E-state index is 0.183. The molecule has 0 saturated heterocycles. The van der Waals surface area contributed by atoms with Gasteiger partial charge in [-0.1, -0.05) is 5.16 Å².